The fraction of sp³-hybridized carbons (Fsp3) is 0.800. The summed E-state index contributed by atoms with van der Waals surface area (Å²) < 4.78 is 4.66. The van der Waals surface area contributed by atoms with Crippen molar-refractivity contribution in [2.45, 2.75) is 19.3 Å². The van der Waals surface area contributed by atoms with Gasteiger partial charge in [-0.3, -0.25) is 9.59 Å². The van der Waals surface area contributed by atoms with Crippen LogP contribution in [-0.2, 0) is 14.3 Å². The second-order valence-corrected chi connectivity index (χ2v) is 4.25. The number of hydrogen-bond acceptors (Lipinski definition) is 3. The van der Waals surface area contributed by atoms with Gasteiger partial charge in [0.25, 0.3) is 0 Å². The van der Waals surface area contributed by atoms with Crippen molar-refractivity contribution in [2.75, 3.05) is 7.11 Å². The molecule has 0 aliphatic heterocycles. The number of carboxylic acids is 1. The van der Waals surface area contributed by atoms with E-state index in [-0.39, 0.29) is 17.8 Å². The minimum atomic E-state index is -0.840. The first-order chi connectivity index (χ1) is 6.65. The molecular weight excluding hydrogens is 184 g/mol. The average Bonchev–Trinajstić information content (AvgIpc) is 2.74. The van der Waals surface area contributed by atoms with Crippen molar-refractivity contribution in [2.24, 2.45) is 23.7 Å². The summed E-state index contributed by atoms with van der Waals surface area (Å²) in [5.74, 6) is -1.63. The van der Waals surface area contributed by atoms with Gasteiger partial charge in [0.1, 0.15) is 0 Å². The minimum Gasteiger partial charge on any atom is -0.481 e. The Bertz CT molecular complexity index is 273. The van der Waals surface area contributed by atoms with Crippen LogP contribution in [0.1, 0.15) is 19.3 Å². The number of fused-ring (bicyclic) bond motifs is 2. The molecule has 0 spiro atoms. The third-order valence-corrected chi connectivity index (χ3v) is 3.67. The molecule has 4 atom stereocenters. The van der Waals surface area contributed by atoms with E-state index in [0.717, 1.165) is 19.3 Å². The molecule has 4 unspecified atom stereocenters. The maximum atomic E-state index is 11.4. The molecular formula is C10H14O4. The topological polar surface area (TPSA) is 63.6 Å². The van der Waals surface area contributed by atoms with Crippen LogP contribution in [0.15, 0.2) is 0 Å². The van der Waals surface area contributed by atoms with E-state index in [1.165, 1.54) is 7.11 Å². The van der Waals surface area contributed by atoms with Crippen LogP contribution in [0.25, 0.3) is 0 Å². The van der Waals surface area contributed by atoms with Crippen LogP contribution >= 0.6 is 0 Å². The highest BCUT2D eigenvalue weighted by atomic mass is 16.5. The summed E-state index contributed by atoms with van der Waals surface area (Å²) in [5, 5.41) is 9.04. The average molecular weight is 198 g/mol. The van der Waals surface area contributed by atoms with Crippen molar-refractivity contribution < 1.29 is 19.4 Å². The van der Waals surface area contributed by atoms with E-state index >= 15 is 0 Å². The van der Waals surface area contributed by atoms with Gasteiger partial charge in [0, 0.05) is 0 Å². The molecule has 4 nitrogen and oxygen atoms in total. The lowest BCUT2D eigenvalue weighted by molar-refractivity contribution is -0.158. The smallest absolute Gasteiger partial charge is 0.309 e. The molecule has 0 aromatic carbocycles. The second kappa shape index (κ2) is 3.26. The number of methoxy groups -OCH3 is 1. The van der Waals surface area contributed by atoms with E-state index in [2.05, 4.69) is 4.74 Å². The molecule has 0 saturated heterocycles. The molecule has 78 valence electrons. The van der Waals surface area contributed by atoms with Crippen LogP contribution < -0.4 is 0 Å². The van der Waals surface area contributed by atoms with Gasteiger partial charge in [0.05, 0.1) is 18.9 Å². The quantitative estimate of drug-likeness (QED) is 0.670. The first kappa shape index (κ1) is 9.49. The Kier molecular flexibility index (Phi) is 2.21. The first-order valence-electron chi connectivity index (χ1n) is 4.95. The van der Waals surface area contributed by atoms with Crippen LogP contribution in [0.5, 0.6) is 0 Å². The molecule has 0 amide bonds. The van der Waals surface area contributed by atoms with E-state index in [4.69, 9.17) is 5.11 Å². The van der Waals surface area contributed by atoms with Crippen molar-refractivity contribution in [3.8, 4) is 0 Å². The monoisotopic (exact) mass is 198 g/mol. The van der Waals surface area contributed by atoms with Crippen molar-refractivity contribution in [1.82, 2.24) is 0 Å². The second-order valence-electron chi connectivity index (χ2n) is 4.25. The molecule has 0 radical (unpaired) electrons. The standard InChI is InChI=1S/C10H14O4/c1-14-10(13)8-6-3-2-5(4-6)7(8)9(11)12/h5-8H,2-4H2,1H3,(H,11,12). The Morgan fingerprint density at radius 1 is 1.21 bits per heavy atom. The lowest BCUT2D eigenvalue weighted by Gasteiger charge is -2.25. The van der Waals surface area contributed by atoms with Gasteiger partial charge in [-0.15, -0.1) is 0 Å². The lowest BCUT2D eigenvalue weighted by atomic mass is 9.79. The molecule has 14 heavy (non-hydrogen) atoms. The molecule has 0 heterocycles. The highest BCUT2D eigenvalue weighted by Gasteiger charge is 2.54. The van der Waals surface area contributed by atoms with Gasteiger partial charge in [-0.2, -0.15) is 0 Å². The number of carboxylic acid groups (broad SMARTS) is 1. The predicted molar refractivity (Wildman–Crippen MR) is 47.5 cm³/mol. The Labute approximate surface area is 82.2 Å². The Morgan fingerprint density at radius 2 is 1.79 bits per heavy atom. The number of rotatable bonds is 2. The fourth-order valence-electron chi connectivity index (χ4n) is 3.12. The number of hydrogen-bond donors (Lipinski definition) is 1. The van der Waals surface area contributed by atoms with E-state index in [9.17, 15) is 9.59 Å². The van der Waals surface area contributed by atoms with E-state index in [1.54, 1.807) is 0 Å². The largest absolute Gasteiger partial charge is 0.481 e. The van der Waals surface area contributed by atoms with Crippen molar-refractivity contribution in [3.63, 3.8) is 0 Å². The summed E-state index contributed by atoms with van der Waals surface area (Å²) >= 11 is 0. The summed E-state index contributed by atoms with van der Waals surface area (Å²) in [6.45, 7) is 0. The van der Waals surface area contributed by atoms with Gasteiger partial charge in [0.2, 0.25) is 0 Å². The molecule has 1 N–H and O–H groups in total. The van der Waals surface area contributed by atoms with Crippen LogP contribution in [-0.4, -0.2) is 24.2 Å². The third-order valence-electron chi connectivity index (χ3n) is 3.67. The number of ether oxygens (including phenoxy) is 1. The summed E-state index contributed by atoms with van der Waals surface area (Å²) in [6, 6.07) is 0. The third kappa shape index (κ3) is 1.21. The summed E-state index contributed by atoms with van der Waals surface area (Å²) in [7, 11) is 1.33. The molecule has 2 fully saturated rings. The number of esters is 1. The van der Waals surface area contributed by atoms with Crippen molar-refractivity contribution >= 4 is 11.9 Å². The van der Waals surface area contributed by atoms with E-state index < -0.39 is 17.8 Å². The van der Waals surface area contributed by atoms with Crippen LogP contribution in [0.2, 0.25) is 0 Å². The van der Waals surface area contributed by atoms with E-state index in [1.807, 2.05) is 0 Å². The molecule has 2 aliphatic carbocycles. The van der Waals surface area contributed by atoms with Crippen LogP contribution in [0.4, 0.5) is 0 Å². The zero-order chi connectivity index (χ0) is 10.3. The van der Waals surface area contributed by atoms with Gasteiger partial charge in [0.15, 0.2) is 0 Å². The summed E-state index contributed by atoms with van der Waals surface area (Å²) in [4.78, 5) is 22.4. The molecule has 2 aliphatic rings. The molecule has 0 aromatic rings. The molecule has 0 aromatic heterocycles. The maximum Gasteiger partial charge on any atom is 0.309 e. The Balaban J connectivity index is 2.21. The zero-order valence-electron chi connectivity index (χ0n) is 8.10. The van der Waals surface area contributed by atoms with Crippen molar-refractivity contribution in [3.05, 3.63) is 0 Å². The van der Waals surface area contributed by atoms with Gasteiger partial charge in [-0.1, -0.05) is 0 Å². The van der Waals surface area contributed by atoms with Crippen LogP contribution in [0, 0.1) is 23.7 Å². The molecule has 2 saturated carbocycles. The highest BCUT2D eigenvalue weighted by molar-refractivity contribution is 5.82. The SMILES string of the molecule is COC(=O)C1C2CCC(C2)C1C(=O)O. The van der Waals surface area contributed by atoms with Gasteiger partial charge in [-0.25, -0.2) is 0 Å². The highest BCUT2D eigenvalue weighted by Crippen LogP contribution is 2.52. The number of carbonyl (C=O) groups excluding carboxylic acids is 1. The van der Waals surface area contributed by atoms with E-state index in [0.29, 0.717) is 0 Å². The first-order valence-corrected chi connectivity index (χ1v) is 4.95. The zero-order valence-corrected chi connectivity index (χ0v) is 8.10. The van der Waals surface area contributed by atoms with Crippen molar-refractivity contribution in [1.29, 1.82) is 0 Å². The Morgan fingerprint density at radius 3 is 2.29 bits per heavy atom. The Hall–Kier alpha value is -1.06. The fourth-order valence-corrected chi connectivity index (χ4v) is 3.12. The van der Waals surface area contributed by atoms with Gasteiger partial charge in [-0.05, 0) is 31.1 Å². The molecule has 2 bridgehead atoms. The normalized spacial score (nSPS) is 39.8. The predicted octanol–water partition coefficient (Wildman–Crippen LogP) is 0.906. The summed E-state index contributed by atoms with van der Waals surface area (Å²) in [6.07, 6.45) is 2.82. The summed E-state index contributed by atoms with van der Waals surface area (Å²) in [5.41, 5.74) is 0. The number of aliphatic carboxylic acids is 1. The van der Waals surface area contributed by atoms with Gasteiger partial charge >= 0.3 is 11.9 Å². The maximum absolute atomic E-state index is 11.4. The molecule has 2 rings (SSSR count). The van der Waals surface area contributed by atoms with Gasteiger partial charge < -0.3 is 9.84 Å². The molecule has 4 heteroatoms. The number of carbonyl (C=O) groups is 2. The minimum absolute atomic E-state index is 0.196. The lowest BCUT2D eigenvalue weighted by Crippen LogP contribution is -2.35. The van der Waals surface area contributed by atoms with Crippen LogP contribution in [0.3, 0.4) is 0 Å².